The summed E-state index contributed by atoms with van der Waals surface area (Å²) in [6, 6.07) is 10.3. The zero-order valence-electron chi connectivity index (χ0n) is 5.38. The van der Waals surface area contributed by atoms with E-state index in [0.29, 0.717) is 0 Å². The predicted molar refractivity (Wildman–Crippen MR) is 40.3 cm³/mol. The van der Waals surface area contributed by atoms with Gasteiger partial charge in [-0.15, -0.1) is 6.58 Å². The highest BCUT2D eigenvalue weighted by Crippen LogP contribution is 1.98. The molecule has 0 bridgehead atoms. The lowest BCUT2D eigenvalue weighted by Gasteiger charge is -1.91. The molecule has 0 spiro atoms. The zero-order chi connectivity index (χ0) is 6.53. The molecule has 0 unspecified atom stereocenters. The lowest BCUT2D eigenvalue weighted by molar-refractivity contribution is 1.28. The van der Waals surface area contributed by atoms with Crippen LogP contribution in [0.15, 0.2) is 43.0 Å². The van der Waals surface area contributed by atoms with Gasteiger partial charge in [0.15, 0.2) is 0 Å². The van der Waals surface area contributed by atoms with E-state index in [4.69, 9.17) is 0 Å². The van der Waals surface area contributed by atoms with Crippen LogP contribution in [0.2, 0.25) is 0 Å². The summed E-state index contributed by atoms with van der Waals surface area (Å²) >= 11 is 0. The van der Waals surface area contributed by atoms with E-state index >= 15 is 0 Å². The molecule has 0 aliphatic heterocycles. The fraction of sp³-hybridized carbons (Fsp3) is 0.111. The van der Waals surface area contributed by atoms with E-state index in [1.807, 2.05) is 24.3 Å². The molecule has 0 radical (unpaired) electrons. The van der Waals surface area contributed by atoms with Crippen LogP contribution < -0.4 is 0 Å². The summed E-state index contributed by atoms with van der Waals surface area (Å²) in [4.78, 5) is 0. The van der Waals surface area contributed by atoms with Gasteiger partial charge in [-0.2, -0.15) is 0 Å². The molecular formula is C9H10. The van der Waals surface area contributed by atoms with Gasteiger partial charge in [0.2, 0.25) is 0 Å². The van der Waals surface area contributed by atoms with Crippen molar-refractivity contribution in [2.75, 3.05) is 0 Å². The maximum absolute atomic E-state index is 3.66. The highest BCUT2D eigenvalue weighted by molar-refractivity contribution is 5.16. The molecule has 9 heavy (non-hydrogen) atoms. The Kier molecular flexibility index (Phi) is 2.08. The average molecular weight is 120 g/mol. The third kappa shape index (κ3) is 1.73. The quantitative estimate of drug-likeness (QED) is 0.526. The van der Waals surface area contributed by atoms with Crippen molar-refractivity contribution in [3.8, 4) is 0 Å². The van der Waals surface area contributed by atoms with Crippen LogP contribution in [0.1, 0.15) is 5.56 Å². The van der Waals surface area contributed by atoms with Gasteiger partial charge >= 0.3 is 0 Å². The van der Waals surface area contributed by atoms with Gasteiger partial charge in [0, 0.05) is 0 Å². The second-order valence-corrected chi connectivity index (χ2v) is 1.98. The topological polar surface area (TPSA) is 0 Å². The van der Waals surface area contributed by atoms with E-state index in [1.54, 1.807) is 0 Å². The number of hydrogen-bond donors (Lipinski definition) is 0. The largest absolute Gasteiger partial charge is 0.103 e. The second kappa shape index (κ2) is 3.08. The van der Waals surface area contributed by atoms with Crippen molar-refractivity contribution < 1.29 is 0 Å². The van der Waals surface area contributed by atoms with Crippen LogP contribution in [0.4, 0.5) is 0 Å². The zero-order valence-corrected chi connectivity index (χ0v) is 5.38. The second-order valence-electron chi connectivity index (χ2n) is 1.98. The van der Waals surface area contributed by atoms with Gasteiger partial charge in [0.25, 0.3) is 0 Å². The number of rotatable bonds is 2. The third-order valence-corrected chi connectivity index (χ3v) is 1.22. The Balaban J connectivity index is 2.72. The lowest BCUT2D eigenvalue weighted by Crippen LogP contribution is -1.75. The lowest BCUT2D eigenvalue weighted by atomic mass is 10.5. The maximum Gasteiger partial charge on any atom is -0.0100 e. The van der Waals surface area contributed by atoms with Crippen molar-refractivity contribution in [1.29, 1.82) is 0 Å². The first-order chi connectivity index (χ1) is 4.43. The van der Waals surface area contributed by atoms with E-state index in [-0.39, 0.29) is 0 Å². The summed E-state index contributed by atoms with van der Waals surface area (Å²) in [5, 5.41) is 0. The van der Waals surface area contributed by atoms with Gasteiger partial charge in [0.05, 0.1) is 0 Å². The Morgan fingerprint density at radius 1 is 1.22 bits per heavy atom. The van der Waals surface area contributed by atoms with Gasteiger partial charge < -0.3 is 0 Å². The summed E-state index contributed by atoms with van der Waals surface area (Å²) < 4.78 is 0. The summed E-state index contributed by atoms with van der Waals surface area (Å²) in [7, 11) is 0. The minimum Gasteiger partial charge on any atom is -0.103 e. The smallest absolute Gasteiger partial charge is 0.0100 e. The summed E-state index contributed by atoms with van der Waals surface area (Å²) in [5.74, 6) is 0. The van der Waals surface area contributed by atoms with Crippen molar-refractivity contribution >= 4 is 0 Å². The summed E-state index contributed by atoms with van der Waals surface area (Å²) in [6.45, 7) is 3.66. The number of allylic oxidation sites excluding steroid dienone is 1. The first-order valence-corrected chi connectivity index (χ1v) is 3.08. The first kappa shape index (κ1) is 6.09. The van der Waals surface area contributed by atoms with Crippen molar-refractivity contribution in [2.24, 2.45) is 0 Å². The Hall–Kier alpha value is -1.04. The van der Waals surface area contributed by atoms with Crippen LogP contribution in [0.25, 0.3) is 0 Å². The maximum atomic E-state index is 3.66. The molecule has 0 fully saturated rings. The molecule has 0 atom stereocenters. The Bertz CT molecular complexity index is 174. The predicted octanol–water partition coefficient (Wildman–Crippen LogP) is 2.42. The molecule has 1 aromatic rings. The molecule has 0 heteroatoms. The third-order valence-electron chi connectivity index (χ3n) is 1.22. The van der Waals surface area contributed by atoms with Gasteiger partial charge in [-0.3, -0.25) is 0 Å². The van der Waals surface area contributed by atoms with Crippen LogP contribution in [0, 0.1) is 0 Å². The Labute approximate surface area is 55.8 Å². The molecule has 0 amide bonds. The standard InChI is InChI=1S/C9H10/c1-2-6-9-7-4-3-5-8-9/h2-5,7-8H,1,6H2/i9+2. The molecule has 0 heterocycles. The summed E-state index contributed by atoms with van der Waals surface area (Å²) in [6.07, 6.45) is 2.89. The highest BCUT2D eigenvalue weighted by Gasteiger charge is 1.82. The Morgan fingerprint density at radius 2 is 1.89 bits per heavy atom. The fourth-order valence-electron chi connectivity index (χ4n) is 0.781. The molecule has 0 N–H and O–H groups in total. The van der Waals surface area contributed by atoms with Crippen LogP contribution >= 0.6 is 0 Å². The van der Waals surface area contributed by atoms with Crippen molar-refractivity contribution in [1.82, 2.24) is 0 Å². The van der Waals surface area contributed by atoms with Crippen molar-refractivity contribution in [3.63, 3.8) is 0 Å². The average Bonchev–Trinajstić information content (AvgIpc) is 1.91. The van der Waals surface area contributed by atoms with Gasteiger partial charge in [-0.05, 0) is 12.0 Å². The van der Waals surface area contributed by atoms with E-state index in [2.05, 4.69) is 18.7 Å². The monoisotopic (exact) mass is 120 g/mol. The van der Waals surface area contributed by atoms with Crippen LogP contribution in [0.5, 0.6) is 0 Å². The summed E-state index contributed by atoms with van der Waals surface area (Å²) in [5.41, 5.74) is 1.33. The van der Waals surface area contributed by atoms with E-state index in [0.717, 1.165) is 6.42 Å². The van der Waals surface area contributed by atoms with Crippen LogP contribution in [0.3, 0.4) is 0 Å². The minimum atomic E-state index is 0.973. The van der Waals surface area contributed by atoms with Gasteiger partial charge in [-0.1, -0.05) is 36.4 Å². The minimum absolute atomic E-state index is 0.973. The van der Waals surface area contributed by atoms with Crippen molar-refractivity contribution in [3.05, 3.63) is 48.6 Å². The molecule has 1 aromatic carbocycles. The molecule has 0 nitrogen and oxygen atoms in total. The normalized spacial score (nSPS) is 8.89. The molecular weight excluding hydrogens is 110 g/mol. The van der Waals surface area contributed by atoms with E-state index in [9.17, 15) is 0 Å². The number of hydrogen-bond acceptors (Lipinski definition) is 0. The molecule has 0 aliphatic rings. The molecule has 0 saturated carbocycles. The molecule has 0 aliphatic carbocycles. The number of benzene rings is 1. The van der Waals surface area contributed by atoms with Crippen molar-refractivity contribution in [2.45, 2.75) is 6.42 Å². The van der Waals surface area contributed by atoms with E-state index in [1.165, 1.54) is 5.56 Å². The van der Waals surface area contributed by atoms with Crippen LogP contribution in [-0.2, 0) is 6.42 Å². The van der Waals surface area contributed by atoms with Gasteiger partial charge in [0.1, 0.15) is 0 Å². The fourth-order valence-corrected chi connectivity index (χ4v) is 0.781. The van der Waals surface area contributed by atoms with E-state index < -0.39 is 0 Å². The first-order valence-electron chi connectivity index (χ1n) is 3.08. The molecule has 46 valence electrons. The molecule has 0 saturated heterocycles. The highest BCUT2D eigenvalue weighted by atomic mass is 14.9. The van der Waals surface area contributed by atoms with Gasteiger partial charge in [-0.25, -0.2) is 0 Å². The molecule has 1 rings (SSSR count). The SMILES string of the molecule is C=CC[14c]1ccccc1. The van der Waals surface area contributed by atoms with Crippen LogP contribution in [-0.4, -0.2) is 0 Å². The Morgan fingerprint density at radius 3 is 2.44 bits per heavy atom. The molecule has 0 aromatic heterocycles.